The largest absolute Gasteiger partial charge is 0.497 e. The van der Waals surface area contributed by atoms with Crippen LogP contribution in [0.15, 0.2) is 18.2 Å². The summed E-state index contributed by atoms with van der Waals surface area (Å²) in [5, 5.41) is 0. The van der Waals surface area contributed by atoms with Crippen LogP contribution < -0.4 is 4.74 Å². The molecular weight excluding hydrogens is 219 g/mol. The van der Waals surface area contributed by atoms with Crippen molar-refractivity contribution in [2.24, 2.45) is 0 Å². The quantitative estimate of drug-likeness (QED) is 0.734. The maximum Gasteiger partial charge on any atom is 0.127 e. The smallest absolute Gasteiger partial charge is 0.127 e. The molecule has 0 spiro atoms. The van der Waals surface area contributed by atoms with Gasteiger partial charge < -0.3 is 9.53 Å². The van der Waals surface area contributed by atoms with Gasteiger partial charge in [-0.15, -0.1) is 0 Å². The fraction of sp³-hybridized carbons (Fsp3) is 0.500. The van der Waals surface area contributed by atoms with Crippen LogP contribution in [0.5, 0.6) is 5.75 Å². The molecule has 0 aromatic heterocycles. The maximum absolute atomic E-state index is 13.9. The summed E-state index contributed by atoms with van der Waals surface area (Å²) in [6.45, 7) is 0. The topological polar surface area (TPSA) is 26.3 Å². The molecule has 0 heterocycles. The van der Waals surface area contributed by atoms with Crippen molar-refractivity contribution in [3.05, 3.63) is 29.6 Å². The molecule has 0 aliphatic heterocycles. The Morgan fingerprint density at radius 3 is 2.76 bits per heavy atom. The molecule has 0 saturated heterocycles. The zero-order chi connectivity index (χ0) is 12.3. The zero-order valence-electron chi connectivity index (χ0n) is 10.0. The van der Waals surface area contributed by atoms with Crippen LogP contribution in [0.3, 0.4) is 0 Å². The van der Waals surface area contributed by atoms with Crippen LogP contribution >= 0.6 is 0 Å². The summed E-state index contributed by atoms with van der Waals surface area (Å²) < 4.78 is 19.0. The lowest BCUT2D eigenvalue weighted by Crippen LogP contribution is -2.35. The van der Waals surface area contributed by atoms with Gasteiger partial charge in [-0.3, -0.25) is 0 Å². The van der Waals surface area contributed by atoms with E-state index in [2.05, 4.69) is 0 Å². The third-order valence-corrected chi connectivity index (χ3v) is 3.80. The standard InChI is InChI=1S/C14H17FO2/c1-17-11-4-5-13(15)12(10-11)14(6-2-7-14)8-3-9-16/h4-5,9-10H,2-3,6-8H2,1H3. The number of rotatable bonds is 5. The third-order valence-electron chi connectivity index (χ3n) is 3.80. The van der Waals surface area contributed by atoms with Crippen LogP contribution in [0, 0.1) is 5.82 Å². The van der Waals surface area contributed by atoms with Gasteiger partial charge in [-0.1, -0.05) is 6.42 Å². The van der Waals surface area contributed by atoms with Gasteiger partial charge in [0.05, 0.1) is 7.11 Å². The van der Waals surface area contributed by atoms with Crippen LogP contribution in [0.4, 0.5) is 4.39 Å². The molecule has 1 fully saturated rings. The van der Waals surface area contributed by atoms with E-state index >= 15 is 0 Å². The molecule has 1 aliphatic carbocycles. The molecular formula is C14H17FO2. The van der Waals surface area contributed by atoms with Crippen molar-refractivity contribution in [1.29, 1.82) is 0 Å². The monoisotopic (exact) mass is 236 g/mol. The van der Waals surface area contributed by atoms with E-state index in [1.807, 2.05) is 0 Å². The predicted molar refractivity (Wildman–Crippen MR) is 63.8 cm³/mol. The summed E-state index contributed by atoms with van der Waals surface area (Å²) in [6, 6.07) is 4.86. The molecule has 1 saturated carbocycles. The van der Waals surface area contributed by atoms with Gasteiger partial charge >= 0.3 is 0 Å². The second-order valence-electron chi connectivity index (χ2n) is 4.69. The molecule has 0 amide bonds. The number of ether oxygens (including phenoxy) is 1. The highest BCUT2D eigenvalue weighted by atomic mass is 19.1. The number of halogens is 1. The van der Waals surface area contributed by atoms with Crippen LogP contribution in [0.2, 0.25) is 0 Å². The molecule has 3 heteroatoms. The molecule has 92 valence electrons. The molecule has 17 heavy (non-hydrogen) atoms. The van der Waals surface area contributed by atoms with Gasteiger partial charge in [-0.25, -0.2) is 4.39 Å². The highest BCUT2D eigenvalue weighted by Crippen LogP contribution is 2.48. The highest BCUT2D eigenvalue weighted by molar-refractivity contribution is 5.50. The van der Waals surface area contributed by atoms with E-state index in [1.54, 1.807) is 19.2 Å². The normalized spacial score (nSPS) is 17.3. The lowest BCUT2D eigenvalue weighted by Gasteiger charge is -2.42. The van der Waals surface area contributed by atoms with Crippen molar-refractivity contribution in [3.8, 4) is 5.75 Å². The summed E-state index contributed by atoms with van der Waals surface area (Å²) in [5.74, 6) is 0.496. The highest BCUT2D eigenvalue weighted by Gasteiger charge is 2.40. The van der Waals surface area contributed by atoms with Crippen molar-refractivity contribution in [3.63, 3.8) is 0 Å². The summed E-state index contributed by atoms with van der Waals surface area (Å²) in [5.41, 5.74) is 0.574. The first-order valence-electron chi connectivity index (χ1n) is 5.99. The Morgan fingerprint density at radius 2 is 2.24 bits per heavy atom. The molecule has 1 aromatic carbocycles. The third kappa shape index (κ3) is 2.19. The minimum Gasteiger partial charge on any atom is -0.497 e. The Hall–Kier alpha value is -1.38. The SMILES string of the molecule is COc1ccc(F)c(C2(CCC=O)CCC2)c1. The average Bonchev–Trinajstić information content (AvgIpc) is 2.30. The number of carbonyl (C=O) groups excluding carboxylic acids is 1. The minimum atomic E-state index is -0.184. The number of benzene rings is 1. The second kappa shape index (κ2) is 4.86. The van der Waals surface area contributed by atoms with Gasteiger partial charge in [0, 0.05) is 6.42 Å². The van der Waals surface area contributed by atoms with Crippen molar-refractivity contribution in [1.82, 2.24) is 0 Å². The summed E-state index contributed by atoms with van der Waals surface area (Å²) in [7, 11) is 1.58. The summed E-state index contributed by atoms with van der Waals surface area (Å²) >= 11 is 0. The Kier molecular flexibility index (Phi) is 3.46. The van der Waals surface area contributed by atoms with Gasteiger partial charge in [0.2, 0.25) is 0 Å². The van der Waals surface area contributed by atoms with E-state index < -0.39 is 0 Å². The lowest BCUT2D eigenvalue weighted by atomic mass is 9.62. The Morgan fingerprint density at radius 1 is 1.47 bits per heavy atom. The van der Waals surface area contributed by atoms with Crippen LogP contribution in [0.1, 0.15) is 37.7 Å². The fourth-order valence-electron chi connectivity index (χ4n) is 2.63. The van der Waals surface area contributed by atoms with E-state index in [0.29, 0.717) is 17.7 Å². The number of methoxy groups -OCH3 is 1. The first-order valence-corrected chi connectivity index (χ1v) is 5.99. The zero-order valence-corrected chi connectivity index (χ0v) is 10.0. The second-order valence-corrected chi connectivity index (χ2v) is 4.69. The molecule has 2 nitrogen and oxygen atoms in total. The van der Waals surface area contributed by atoms with Gasteiger partial charge in [-0.05, 0) is 48.4 Å². The summed E-state index contributed by atoms with van der Waals surface area (Å²) in [4.78, 5) is 10.5. The number of aldehydes is 1. The molecule has 1 aromatic rings. The summed E-state index contributed by atoms with van der Waals surface area (Å²) in [6.07, 6.45) is 5.18. The molecule has 0 atom stereocenters. The van der Waals surface area contributed by atoms with Crippen LogP contribution in [0.25, 0.3) is 0 Å². The van der Waals surface area contributed by atoms with Gasteiger partial charge in [0.1, 0.15) is 17.9 Å². The fourth-order valence-corrected chi connectivity index (χ4v) is 2.63. The predicted octanol–water partition coefficient (Wildman–Crippen LogP) is 3.24. The number of carbonyl (C=O) groups is 1. The van der Waals surface area contributed by atoms with Gasteiger partial charge in [0.25, 0.3) is 0 Å². The Bertz CT molecular complexity index is 411. The van der Waals surface area contributed by atoms with Gasteiger partial charge in [0.15, 0.2) is 0 Å². The van der Waals surface area contributed by atoms with Crippen LogP contribution in [-0.4, -0.2) is 13.4 Å². The minimum absolute atomic E-state index is 0.139. The first-order chi connectivity index (χ1) is 8.22. The molecule has 0 unspecified atom stereocenters. The Balaban J connectivity index is 2.32. The number of hydrogen-bond acceptors (Lipinski definition) is 2. The van der Waals surface area contributed by atoms with E-state index in [4.69, 9.17) is 4.74 Å². The maximum atomic E-state index is 13.9. The molecule has 0 radical (unpaired) electrons. The van der Waals surface area contributed by atoms with Crippen LogP contribution in [-0.2, 0) is 10.2 Å². The van der Waals surface area contributed by atoms with Crippen molar-refractivity contribution in [2.75, 3.05) is 7.11 Å². The van der Waals surface area contributed by atoms with E-state index in [0.717, 1.165) is 32.0 Å². The number of hydrogen-bond donors (Lipinski definition) is 0. The first kappa shape index (κ1) is 12.1. The lowest BCUT2D eigenvalue weighted by molar-refractivity contribution is -0.108. The van der Waals surface area contributed by atoms with E-state index in [9.17, 15) is 9.18 Å². The molecule has 0 N–H and O–H groups in total. The van der Waals surface area contributed by atoms with E-state index in [1.165, 1.54) is 6.07 Å². The Labute approximate surface area is 101 Å². The molecule has 1 aliphatic rings. The molecule has 2 rings (SSSR count). The molecule has 0 bridgehead atoms. The van der Waals surface area contributed by atoms with Crippen molar-refractivity contribution < 1.29 is 13.9 Å². The average molecular weight is 236 g/mol. The van der Waals surface area contributed by atoms with Gasteiger partial charge in [-0.2, -0.15) is 0 Å². The van der Waals surface area contributed by atoms with Crippen molar-refractivity contribution in [2.45, 2.75) is 37.5 Å². The van der Waals surface area contributed by atoms with E-state index in [-0.39, 0.29) is 11.2 Å². The van der Waals surface area contributed by atoms with Crippen molar-refractivity contribution >= 4 is 6.29 Å².